The minimum Gasteiger partial charge on any atom is -0.352 e. The lowest BCUT2D eigenvalue weighted by atomic mass is 10.1. The normalized spacial score (nSPS) is 17.5. The highest BCUT2D eigenvalue weighted by Crippen LogP contribution is 2.30. The molecule has 0 N–H and O–H groups in total. The van der Waals surface area contributed by atoms with Crippen molar-refractivity contribution in [2.75, 3.05) is 42.5 Å². The van der Waals surface area contributed by atoms with E-state index in [0.717, 1.165) is 61.0 Å². The van der Waals surface area contributed by atoms with Gasteiger partial charge in [0.15, 0.2) is 0 Å². The van der Waals surface area contributed by atoms with Gasteiger partial charge in [0, 0.05) is 49.6 Å². The molecule has 0 saturated carbocycles. The smallest absolute Gasteiger partial charge is 0.324 e. The van der Waals surface area contributed by atoms with Crippen LogP contribution in [0.1, 0.15) is 18.4 Å². The van der Waals surface area contributed by atoms with Crippen LogP contribution < -0.4 is 9.80 Å². The van der Waals surface area contributed by atoms with Gasteiger partial charge in [-0.25, -0.2) is 9.78 Å². The van der Waals surface area contributed by atoms with Crippen LogP contribution >= 0.6 is 23.2 Å². The molecule has 142 valence electrons. The molecule has 5 nitrogen and oxygen atoms in total. The molecule has 2 aromatic rings. The van der Waals surface area contributed by atoms with Crippen LogP contribution in [0.3, 0.4) is 0 Å². The molecular formula is C20H22Cl2N4O. The molecular weight excluding hydrogens is 383 g/mol. The van der Waals surface area contributed by atoms with Crippen molar-refractivity contribution in [3.63, 3.8) is 0 Å². The number of hydrogen-bond donors (Lipinski definition) is 0. The summed E-state index contributed by atoms with van der Waals surface area (Å²) < 4.78 is 0. The number of nitrogens with zero attached hydrogens (tertiary/aromatic N) is 4. The molecule has 3 heterocycles. The quantitative estimate of drug-likeness (QED) is 0.703. The van der Waals surface area contributed by atoms with Gasteiger partial charge in [0.1, 0.15) is 5.82 Å². The molecule has 1 fully saturated rings. The van der Waals surface area contributed by atoms with Crippen molar-refractivity contribution in [2.45, 2.75) is 19.3 Å². The van der Waals surface area contributed by atoms with E-state index in [0.29, 0.717) is 18.1 Å². The van der Waals surface area contributed by atoms with Gasteiger partial charge in [-0.15, -0.1) is 0 Å². The second-order valence-electron chi connectivity index (χ2n) is 6.95. The molecule has 2 amide bonds. The maximum Gasteiger partial charge on any atom is 0.324 e. The average Bonchev–Trinajstić information content (AvgIpc) is 2.90. The number of amides is 2. The highest BCUT2D eigenvalue weighted by molar-refractivity contribution is 6.33. The molecule has 27 heavy (non-hydrogen) atoms. The zero-order valence-electron chi connectivity index (χ0n) is 15.1. The number of halogens is 2. The molecule has 0 unspecified atom stereocenters. The van der Waals surface area contributed by atoms with Crippen LogP contribution in [0, 0.1) is 0 Å². The summed E-state index contributed by atoms with van der Waals surface area (Å²) in [6.45, 7) is 3.52. The minimum atomic E-state index is 0.0761. The SMILES string of the molecule is O=C(N1CCN(c2ncccc2Cl)CC1)N1CCCCc2cc(Cl)ccc21. The van der Waals surface area contributed by atoms with Crippen LogP contribution in [0.4, 0.5) is 16.3 Å². The van der Waals surface area contributed by atoms with Crippen molar-refractivity contribution in [2.24, 2.45) is 0 Å². The lowest BCUT2D eigenvalue weighted by Gasteiger charge is -2.38. The van der Waals surface area contributed by atoms with Crippen LogP contribution in [0.5, 0.6) is 0 Å². The van der Waals surface area contributed by atoms with E-state index in [-0.39, 0.29) is 6.03 Å². The molecule has 1 saturated heterocycles. The molecule has 0 spiro atoms. The maximum atomic E-state index is 13.2. The first-order valence-corrected chi connectivity index (χ1v) is 10.1. The molecule has 1 aromatic carbocycles. The van der Waals surface area contributed by atoms with Crippen molar-refractivity contribution in [3.05, 3.63) is 52.1 Å². The fourth-order valence-corrected chi connectivity index (χ4v) is 4.25. The Morgan fingerprint density at radius 1 is 1.00 bits per heavy atom. The van der Waals surface area contributed by atoms with Crippen molar-refractivity contribution in [3.8, 4) is 0 Å². The monoisotopic (exact) mass is 404 g/mol. The van der Waals surface area contributed by atoms with Crippen LogP contribution in [0.25, 0.3) is 0 Å². The summed E-state index contributed by atoms with van der Waals surface area (Å²) in [4.78, 5) is 23.6. The maximum absolute atomic E-state index is 13.2. The predicted octanol–water partition coefficient (Wildman–Crippen LogP) is 4.47. The van der Waals surface area contributed by atoms with Crippen molar-refractivity contribution < 1.29 is 4.79 Å². The van der Waals surface area contributed by atoms with E-state index in [1.165, 1.54) is 0 Å². The molecule has 2 aliphatic rings. The highest BCUT2D eigenvalue weighted by atomic mass is 35.5. The van der Waals surface area contributed by atoms with Crippen LogP contribution in [-0.4, -0.2) is 48.6 Å². The standard InChI is InChI=1S/C20H22Cl2N4O/c21-16-6-7-18-15(14-16)4-1-2-9-26(18)20(27)25-12-10-24(11-13-25)19-17(22)5-3-8-23-19/h3,5-8,14H,1-2,4,9-13H2. The summed E-state index contributed by atoms with van der Waals surface area (Å²) in [6, 6.07) is 9.59. The number of carbonyl (C=O) groups is 1. The minimum absolute atomic E-state index is 0.0761. The highest BCUT2D eigenvalue weighted by Gasteiger charge is 2.29. The van der Waals surface area contributed by atoms with Gasteiger partial charge in [-0.05, 0) is 55.2 Å². The van der Waals surface area contributed by atoms with E-state index in [2.05, 4.69) is 9.88 Å². The Bertz CT molecular complexity index is 836. The zero-order valence-corrected chi connectivity index (χ0v) is 16.6. The third kappa shape index (κ3) is 3.85. The van der Waals surface area contributed by atoms with E-state index < -0.39 is 0 Å². The van der Waals surface area contributed by atoms with Crippen LogP contribution in [-0.2, 0) is 6.42 Å². The van der Waals surface area contributed by atoms with Gasteiger partial charge in [0.2, 0.25) is 0 Å². The Kier molecular flexibility index (Phi) is 5.41. The average molecular weight is 405 g/mol. The summed E-state index contributed by atoms with van der Waals surface area (Å²) in [5.74, 6) is 0.793. The van der Waals surface area contributed by atoms with Gasteiger partial charge in [0.05, 0.1) is 5.02 Å². The number of benzene rings is 1. The van der Waals surface area contributed by atoms with Crippen LogP contribution in [0.2, 0.25) is 10.0 Å². The molecule has 7 heteroatoms. The number of urea groups is 1. The fraction of sp³-hybridized carbons (Fsp3) is 0.400. The van der Waals surface area contributed by atoms with E-state index in [1.54, 1.807) is 6.20 Å². The van der Waals surface area contributed by atoms with Gasteiger partial charge in [-0.2, -0.15) is 0 Å². The Balaban J connectivity index is 1.48. The Morgan fingerprint density at radius 3 is 2.59 bits per heavy atom. The zero-order chi connectivity index (χ0) is 18.8. The first-order chi connectivity index (χ1) is 13.1. The molecule has 0 radical (unpaired) electrons. The topological polar surface area (TPSA) is 39.7 Å². The lowest BCUT2D eigenvalue weighted by Crippen LogP contribution is -2.53. The van der Waals surface area contributed by atoms with Gasteiger partial charge in [-0.1, -0.05) is 23.2 Å². The van der Waals surface area contributed by atoms with Crippen molar-refractivity contribution >= 4 is 40.7 Å². The molecule has 1 aromatic heterocycles. The third-order valence-electron chi connectivity index (χ3n) is 5.23. The Labute approximate surface area is 169 Å². The van der Waals surface area contributed by atoms with Crippen LogP contribution in [0.15, 0.2) is 36.5 Å². The van der Waals surface area contributed by atoms with Gasteiger partial charge < -0.3 is 9.80 Å². The lowest BCUT2D eigenvalue weighted by molar-refractivity contribution is 0.201. The number of pyridine rings is 1. The van der Waals surface area contributed by atoms with E-state index in [4.69, 9.17) is 23.2 Å². The number of piperazine rings is 1. The van der Waals surface area contributed by atoms with Gasteiger partial charge >= 0.3 is 6.03 Å². The summed E-state index contributed by atoms with van der Waals surface area (Å²) >= 11 is 12.4. The number of carbonyl (C=O) groups excluding carboxylic acids is 1. The molecule has 0 aliphatic carbocycles. The second kappa shape index (κ2) is 7.95. The van der Waals surface area contributed by atoms with E-state index in [9.17, 15) is 4.79 Å². The molecule has 2 aliphatic heterocycles. The van der Waals surface area contributed by atoms with Gasteiger partial charge in [0.25, 0.3) is 0 Å². The molecule has 0 bridgehead atoms. The molecule has 0 atom stereocenters. The summed E-state index contributed by atoms with van der Waals surface area (Å²) in [6.07, 6.45) is 4.79. The predicted molar refractivity (Wildman–Crippen MR) is 110 cm³/mol. The summed E-state index contributed by atoms with van der Waals surface area (Å²) in [5, 5.41) is 1.37. The Hall–Kier alpha value is -1.98. The van der Waals surface area contributed by atoms with Crippen molar-refractivity contribution in [1.82, 2.24) is 9.88 Å². The van der Waals surface area contributed by atoms with E-state index >= 15 is 0 Å². The number of rotatable bonds is 1. The number of hydrogen-bond acceptors (Lipinski definition) is 3. The molecule has 4 rings (SSSR count). The summed E-state index contributed by atoms with van der Waals surface area (Å²) in [5.41, 5.74) is 2.16. The fourth-order valence-electron chi connectivity index (χ4n) is 3.81. The first-order valence-electron chi connectivity index (χ1n) is 9.34. The number of aromatic nitrogens is 1. The second-order valence-corrected chi connectivity index (χ2v) is 7.79. The Morgan fingerprint density at radius 2 is 1.81 bits per heavy atom. The number of anilines is 2. The summed E-state index contributed by atoms with van der Waals surface area (Å²) in [7, 11) is 0. The van der Waals surface area contributed by atoms with E-state index in [1.807, 2.05) is 40.1 Å². The van der Waals surface area contributed by atoms with Crippen molar-refractivity contribution in [1.29, 1.82) is 0 Å². The van der Waals surface area contributed by atoms with Gasteiger partial charge in [-0.3, -0.25) is 4.90 Å². The number of fused-ring (bicyclic) bond motifs is 1. The largest absolute Gasteiger partial charge is 0.352 e. The third-order valence-corrected chi connectivity index (χ3v) is 5.76. The number of aryl methyl sites for hydroxylation is 1. The first kappa shape index (κ1) is 18.4.